The van der Waals surface area contributed by atoms with Gasteiger partial charge >= 0.3 is 12.0 Å². The quantitative estimate of drug-likeness (QED) is 0.387. The van der Waals surface area contributed by atoms with E-state index in [0.717, 1.165) is 9.52 Å². The Morgan fingerprint density at radius 1 is 1.16 bits per heavy atom. The van der Waals surface area contributed by atoms with Crippen LogP contribution in [0, 0.1) is 0 Å². The maximum absolute atomic E-state index is 15.4. The van der Waals surface area contributed by atoms with E-state index < -0.39 is 23.7 Å². The Labute approximate surface area is 178 Å². The molecule has 4 heterocycles. The topological polar surface area (TPSA) is 118 Å². The Bertz CT molecular complexity index is 1430. The third-order valence-electron chi connectivity index (χ3n) is 4.92. The van der Waals surface area contributed by atoms with Crippen LogP contribution in [0.1, 0.15) is 24.0 Å². The molecule has 10 nitrogen and oxygen atoms in total. The minimum Gasteiger partial charge on any atom is -0.275 e. The lowest BCUT2D eigenvalue weighted by atomic mass is 10.0. The first-order chi connectivity index (χ1) is 15.3. The summed E-state index contributed by atoms with van der Waals surface area (Å²) >= 11 is 0. The number of nitrogens with one attached hydrogen (secondary N) is 1. The van der Waals surface area contributed by atoms with Crippen LogP contribution in [0.3, 0.4) is 0 Å². The predicted octanol–water partition coefficient (Wildman–Crippen LogP) is 2.09. The van der Waals surface area contributed by atoms with Gasteiger partial charge in [-0.2, -0.15) is 23.5 Å². The molecule has 0 unspecified atom stereocenters. The molecule has 0 aliphatic carbocycles. The van der Waals surface area contributed by atoms with Gasteiger partial charge in [-0.25, -0.2) is 9.80 Å². The lowest BCUT2D eigenvalue weighted by molar-refractivity contribution is -0.118. The van der Waals surface area contributed by atoms with Crippen molar-refractivity contribution in [2.75, 3.05) is 6.54 Å². The van der Waals surface area contributed by atoms with Crippen LogP contribution < -0.4 is 5.32 Å². The van der Waals surface area contributed by atoms with E-state index in [4.69, 9.17) is 0 Å². The lowest BCUT2D eigenvalue weighted by Crippen LogP contribution is -2.25. The standard InChI is InChI=1S/C20H14F2N8O2/c1-11(27-29-10-17(31)24-19(29)32)14-6-7-16-25-26-18(30(16)28-14)20(21,22)13-4-5-15-12(9-13)3-2-8-23-15/h2-9H,10H2,1H3,(H,24,31,32). The number of aromatic nitrogens is 5. The van der Waals surface area contributed by atoms with Gasteiger partial charge in [0.2, 0.25) is 11.7 Å². The van der Waals surface area contributed by atoms with Crippen molar-refractivity contribution in [3.63, 3.8) is 0 Å². The highest BCUT2D eigenvalue weighted by molar-refractivity contribution is 6.03. The summed E-state index contributed by atoms with van der Waals surface area (Å²) in [6.45, 7) is 1.31. The Morgan fingerprint density at radius 3 is 2.78 bits per heavy atom. The summed E-state index contributed by atoms with van der Waals surface area (Å²) in [5.74, 6) is -4.65. The second-order valence-corrected chi connectivity index (χ2v) is 7.09. The number of rotatable bonds is 4. The van der Waals surface area contributed by atoms with E-state index in [2.05, 4.69) is 30.7 Å². The number of pyridine rings is 1. The van der Waals surface area contributed by atoms with Gasteiger partial charge in [-0.1, -0.05) is 12.1 Å². The van der Waals surface area contributed by atoms with E-state index in [1.54, 1.807) is 25.3 Å². The molecule has 0 bridgehead atoms. The van der Waals surface area contributed by atoms with Crippen LogP contribution in [-0.4, -0.2) is 54.0 Å². The molecule has 1 aliphatic rings. The summed E-state index contributed by atoms with van der Waals surface area (Å²) in [6, 6.07) is 9.83. The molecule has 1 fully saturated rings. The van der Waals surface area contributed by atoms with Gasteiger partial charge in [0.05, 0.1) is 11.2 Å². The molecule has 5 rings (SSSR count). The van der Waals surface area contributed by atoms with Crippen molar-refractivity contribution in [1.29, 1.82) is 0 Å². The molecule has 3 amide bonds. The number of carbonyl (C=O) groups excluding carboxylic acids is 2. The fourth-order valence-electron chi connectivity index (χ4n) is 3.32. The number of alkyl halides is 2. The van der Waals surface area contributed by atoms with Crippen LogP contribution in [-0.2, 0) is 10.7 Å². The molecule has 1 N–H and O–H groups in total. The van der Waals surface area contributed by atoms with E-state index in [-0.39, 0.29) is 29.2 Å². The van der Waals surface area contributed by atoms with Crippen molar-refractivity contribution in [3.8, 4) is 0 Å². The molecule has 4 aromatic rings. The van der Waals surface area contributed by atoms with Crippen molar-refractivity contribution >= 4 is 34.2 Å². The van der Waals surface area contributed by atoms with Crippen LogP contribution in [0.4, 0.5) is 13.6 Å². The number of urea groups is 1. The van der Waals surface area contributed by atoms with Gasteiger partial charge in [0.25, 0.3) is 0 Å². The third-order valence-corrected chi connectivity index (χ3v) is 4.92. The number of hydrazone groups is 1. The minimum absolute atomic E-state index is 0.118. The molecule has 1 saturated heterocycles. The van der Waals surface area contributed by atoms with Gasteiger partial charge in [0, 0.05) is 17.1 Å². The highest BCUT2D eigenvalue weighted by atomic mass is 19.3. The summed E-state index contributed by atoms with van der Waals surface area (Å²) in [7, 11) is 0. The first kappa shape index (κ1) is 19.6. The second-order valence-electron chi connectivity index (χ2n) is 7.09. The zero-order chi connectivity index (χ0) is 22.5. The number of fused-ring (bicyclic) bond motifs is 2. The Balaban J connectivity index is 1.55. The zero-order valence-corrected chi connectivity index (χ0v) is 16.5. The molecule has 160 valence electrons. The smallest absolute Gasteiger partial charge is 0.275 e. The summed E-state index contributed by atoms with van der Waals surface area (Å²) in [5.41, 5.74) is 0.889. The Hall–Kier alpha value is -4.35. The fourth-order valence-corrected chi connectivity index (χ4v) is 3.32. The van der Waals surface area contributed by atoms with Crippen LogP contribution in [0.25, 0.3) is 16.6 Å². The molecule has 1 aromatic carbocycles. The number of carbonyl (C=O) groups is 2. The molecule has 0 atom stereocenters. The van der Waals surface area contributed by atoms with Crippen LogP contribution in [0.2, 0.25) is 0 Å². The van der Waals surface area contributed by atoms with Crippen LogP contribution in [0.15, 0.2) is 53.8 Å². The summed E-state index contributed by atoms with van der Waals surface area (Å²) in [5, 5.41) is 19.3. The number of hydrogen-bond donors (Lipinski definition) is 1. The van der Waals surface area contributed by atoms with Gasteiger partial charge in [-0.05, 0) is 37.3 Å². The van der Waals surface area contributed by atoms with Crippen LogP contribution >= 0.6 is 0 Å². The van der Waals surface area contributed by atoms with Crippen LogP contribution in [0.5, 0.6) is 0 Å². The summed E-state index contributed by atoms with van der Waals surface area (Å²) in [6.07, 6.45) is 1.59. The normalized spacial score (nSPS) is 15.1. The van der Waals surface area contributed by atoms with E-state index in [1.807, 2.05) is 0 Å². The molecule has 1 aliphatic heterocycles. The largest absolute Gasteiger partial charge is 0.345 e. The van der Waals surface area contributed by atoms with Crippen molar-refractivity contribution in [1.82, 2.24) is 35.1 Å². The lowest BCUT2D eigenvalue weighted by Gasteiger charge is -2.15. The zero-order valence-electron chi connectivity index (χ0n) is 16.5. The number of benzene rings is 1. The SMILES string of the molecule is CC(=NN1CC(=O)NC1=O)c1ccc2nnc(C(F)(F)c3ccc4ncccc4c3)n2n1. The van der Waals surface area contributed by atoms with Gasteiger partial charge < -0.3 is 0 Å². The minimum atomic E-state index is -3.50. The highest BCUT2D eigenvalue weighted by Crippen LogP contribution is 2.35. The second kappa shape index (κ2) is 7.11. The summed E-state index contributed by atoms with van der Waals surface area (Å²) < 4.78 is 31.8. The average molecular weight is 436 g/mol. The van der Waals surface area contributed by atoms with Gasteiger partial charge in [0.15, 0.2) is 5.65 Å². The molecule has 3 aromatic heterocycles. The summed E-state index contributed by atoms with van der Waals surface area (Å²) in [4.78, 5) is 27.2. The molecule has 12 heteroatoms. The maximum atomic E-state index is 15.4. The number of amides is 3. The molecular weight excluding hydrogens is 422 g/mol. The molecule has 0 radical (unpaired) electrons. The first-order valence-corrected chi connectivity index (χ1v) is 9.46. The predicted molar refractivity (Wildman–Crippen MR) is 108 cm³/mol. The number of hydrogen-bond acceptors (Lipinski definition) is 7. The van der Waals surface area contributed by atoms with E-state index >= 15 is 8.78 Å². The van der Waals surface area contributed by atoms with E-state index in [9.17, 15) is 9.59 Å². The van der Waals surface area contributed by atoms with Gasteiger partial charge in [-0.15, -0.1) is 10.2 Å². The van der Waals surface area contributed by atoms with Crippen molar-refractivity contribution < 1.29 is 18.4 Å². The molecule has 0 saturated carbocycles. The Kier molecular flexibility index (Phi) is 4.36. The van der Waals surface area contributed by atoms with E-state index in [0.29, 0.717) is 10.9 Å². The molecule has 32 heavy (non-hydrogen) atoms. The third kappa shape index (κ3) is 3.21. The maximum Gasteiger partial charge on any atom is 0.345 e. The number of halogens is 2. The van der Waals surface area contributed by atoms with Crippen molar-refractivity contribution in [2.24, 2.45) is 5.10 Å². The Morgan fingerprint density at radius 2 is 2.00 bits per heavy atom. The number of nitrogens with zero attached hydrogens (tertiary/aromatic N) is 7. The van der Waals surface area contributed by atoms with Crippen molar-refractivity contribution in [3.05, 3.63) is 65.7 Å². The monoisotopic (exact) mass is 436 g/mol. The van der Waals surface area contributed by atoms with Gasteiger partial charge in [-0.3, -0.25) is 15.1 Å². The molecule has 0 spiro atoms. The van der Waals surface area contributed by atoms with Gasteiger partial charge in [0.1, 0.15) is 12.2 Å². The fraction of sp³-hybridized carbons (Fsp3) is 0.150. The van der Waals surface area contributed by atoms with E-state index in [1.165, 1.54) is 30.3 Å². The average Bonchev–Trinajstić information content (AvgIpc) is 3.35. The van der Waals surface area contributed by atoms with Crippen molar-refractivity contribution in [2.45, 2.75) is 12.8 Å². The first-order valence-electron chi connectivity index (χ1n) is 9.46. The highest BCUT2D eigenvalue weighted by Gasteiger charge is 2.40. The number of imide groups is 1. The molecular formula is C20H14F2N8O2.